The summed E-state index contributed by atoms with van der Waals surface area (Å²) >= 11 is 0. The summed E-state index contributed by atoms with van der Waals surface area (Å²) in [7, 11) is -1.73. The lowest BCUT2D eigenvalue weighted by atomic mass is 10.4. The summed E-state index contributed by atoms with van der Waals surface area (Å²) in [6, 6.07) is 0. The number of rotatable bonds is 6. The van der Waals surface area contributed by atoms with Gasteiger partial charge < -0.3 is 23.9 Å². The molecule has 98 valence electrons. The van der Waals surface area contributed by atoms with Gasteiger partial charge in [0.25, 0.3) is 0 Å². The van der Waals surface area contributed by atoms with Crippen LogP contribution in [0, 0.1) is 0 Å². The predicted molar refractivity (Wildman–Crippen MR) is 67.8 cm³/mol. The molecule has 1 heterocycles. The van der Waals surface area contributed by atoms with Gasteiger partial charge in [0.15, 0.2) is 0 Å². The predicted octanol–water partition coefficient (Wildman–Crippen LogP) is -0.00770. The van der Waals surface area contributed by atoms with E-state index in [0.717, 1.165) is 26.2 Å². The molecule has 0 aliphatic carbocycles. The van der Waals surface area contributed by atoms with Crippen molar-refractivity contribution in [2.45, 2.75) is 20.8 Å². The summed E-state index contributed by atoms with van der Waals surface area (Å²) in [4.78, 5) is 0. The van der Waals surface area contributed by atoms with Crippen LogP contribution in [0.1, 0.15) is 20.8 Å². The molecule has 5 nitrogen and oxygen atoms in total. The Morgan fingerprint density at radius 2 is 1.06 bits per heavy atom. The molecule has 1 aliphatic heterocycles. The largest absolute Gasteiger partial charge is 0.484 e. The van der Waals surface area contributed by atoms with Gasteiger partial charge in [-0.2, -0.15) is 0 Å². The highest BCUT2D eigenvalue weighted by Crippen LogP contribution is 1.91. The minimum Gasteiger partial charge on any atom is -0.376 e. The lowest BCUT2D eigenvalue weighted by Gasteiger charge is -2.12. The van der Waals surface area contributed by atoms with E-state index in [0.29, 0.717) is 19.8 Å². The maximum absolute atomic E-state index is 5.22. The summed E-state index contributed by atoms with van der Waals surface area (Å²) in [6.45, 7) is 12.4. The van der Waals surface area contributed by atoms with Crippen molar-refractivity contribution in [1.82, 2.24) is 10.6 Å². The van der Waals surface area contributed by atoms with Crippen molar-refractivity contribution >= 4 is 9.53 Å². The highest BCUT2D eigenvalue weighted by Gasteiger charge is 2.11. The van der Waals surface area contributed by atoms with E-state index >= 15 is 0 Å². The van der Waals surface area contributed by atoms with E-state index in [1.54, 1.807) is 0 Å². The van der Waals surface area contributed by atoms with E-state index in [1.165, 1.54) is 0 Å². The molecule has 0 saturated carbocycles. The van der Waals surface area contributed by atoms with Crippen LogP contribution in [-0.2, 0) is 13.3 Å². The molecule has 0 bridgehead atoms. The average molecular weight is 250 g/mol. The maximum Gasteiger partial charge on any atom is 0.484 e. The monoisotopic (exact) mass is 250 g/mol. The van der Waals surface area contributed by atoms with Crippen LogP contribution in [-0.4, -0.2) is 55.5 Å². The van der Waals surface area contributed by atoms with Crippen molar-refractivity contribution in [1.29, 1.82) is 0 Å². The molecule has 16 heavy (non-hydrogen) atoms. The van der Waals surface area contributed by atoms with E-state index in [9.17, 15) is 0 Å². The quantitative estimate of drug-likeness (QED) is 0.650. The second-order valence-corrected chi connectivity index (χ2v) is 4.73. The second-order valence-electron chi connectivity index (χ2n) is 3.15. The minimum absolute atomic E-state index is 0.677. The maximum atomic E-state index is 5.22. The van der Waals surface area contributed by atoms with Crippen LogP contribution >= 0.6 is 0 Å². The third-order valence-corrected chi connectivity index (χ3v) is 3.68. The molecule has 0 aromatic heterocycles. The van der Waals surface area contributed by atoms with E-state index in [1.807, 2.05) is 20.8 Å². The van der Waals surface area contributed by atoms with Gasteiger partial charge in [0.05, 0.1) is 0 Å². The fourth-order valence-corrected chi connectivity index (χ4v) is 2.26. The van der Waals surface area contributed by atoms with Crippen molar-refractivity contribution in [3.8, 4) is 0 Å². The van der Waals surface area contributed by atoms with Crippen LogP contribution in [0.15, 0.2) is 0 Å². The van der Waals surface area contributed by atoms with Crippen LogP contribution in [0.25, 0.3) is 0 Å². The number of nitrogens with one attached hydrogen (secondary N) is 2. The molecular formula is C10H26N2O3Si. The van der Waals surface area contributed by atoms with Gasteiger partial charge in [-0.05, 0) is 20.8 Å². The Morgan fingerprint density at radius 1 is 0.750 bits per heavy atom. The molecule has 0 unspecified atom stereocenters. The summed E-state index contributed by atoms with van der Waals surface area (Å²) in [6.07, 6.45) is 0. The molecular weight excluding hydrogens is 224 g/mol. The molecule has 0 aromatic carbocycles. The smallest absolute Gasteiger partial charge is 0.376 e. The highest BCUT2D eigenvalue weighted by atomic mass is 28.3. The molecule has 0 atom stereocenters. The first-order chi connectivity index (χ1) is 7.85. The van der Waals surface area contributed by atoms with E-state index in [2.05, 4.69) is 10.6 Å². The number of piperazine rings is 1. The third-order valence-electron chi connectivity index (χ3n) is 1.87. The molecule has 0 aromatic rings. The van der Waals surface area contributed by atoms with Crippen LogP contribution in [0.4, 0.5) is 0 Å². The summed E-state index contributed by atoms with van der Waals surface area (Å²) in [5.41, 5.74) is 0. The van der Waals surface area contributed by atoms with Crippen molar-refractivity contribution in [3.05, 3.63) is 0 Å². The number of hydrogen-bond acceptors (Lipinski definition) is 5. The zero-order chi connectivity index (χ0) is 12.1. The molecule has 0 radical (unpaired) electrons. The Hall–Kier alpha value is 0.0169. The third kappa shape index (κ3) is 10.5. The number of hydrogen-bond donors (Lipinski definition) is 2. The standard InChI is InChI=1S/C6H16O3Si.C4H10N2/c1-4-7-10(8-5-2)9-6-3;1-2-6-4-3-5-1/h10H,4-6H2,1-3H3;5-6H,1-4H2. The average Bonchev–Trinajstić information content (AvgIpc) is 2.33. The summed E-state index contributed by atoms with van der Waals surface area (Å²) in [5.74, 6) is 0. The molecule has 1 rings (SSSR count). The van der Waals surface area contributed by atoms with Gasteiger partial charge in [0.2, 0.25) is 0 Å². The first-order valence-electron chi connectivity index (χ1n) is 6.11. The minimum atomic E-state index is -1.73. The Bertz CT molecular complexity index is 111. The van der Waals surface area contributed by atoms with Crippen molar-refractivity contribution in [2.24, 2.45) is 0 Å². The van der Waals surface area contributed by atoms with E-state index in [4.69, 9.17) is 13.3 Å². The Morgan fingerprint density at radius 3 is 1.25 bits per heavy atom. The molecule has 1 saturated heterocycles. The van der Waals surface area contributed by atoms with Gasteiger partial charge in [0, 0.05) is 46.0 Å². The van der Waals surface area contributed by atoms with Gasteiger partial charge in [-0.1, -0.05) is 0 Å². The van der Waals surface area contributed by atoms with Gasteiger partial charge in [-0.3, -0.25) is 0 Å². The normalized spacial score (nSPS) is 15.8. The molecule has 1 aliphatic rings. The molecule has 1 fully saturated rings. The summed E-state index contributed by atoms with van der Waals surface area (Å²) in [5, 5.41) is 6.44. The van der Waals surface area contributed by atoms with Crippen LogP contribution < -0.4 is 10.6 Å². The van der Waals surface area contributed by atoms with Gasteiger partial charge >= 0.3 is 9.53 Å². The van der Waals surface area contributed by atoms with E-state index < -0.39 is 9.53 Å². The molecule has 0 spiro atoms. The lowest BCUT2D eigenvalue weighted by molar-refractivity contribution is 0.107. The van der Waals surface area contributed by atoms with Crippen LogP contribution in [0.2, 0.25) is 0 Å². The van der Waals surface area contributed by atoms with Crippen molar-refractivity contribution in [3.63, 3.8) is 0 Å². The zero-order valence-corrected chi connectivity index (χ0v) is 11.9. The first kappa shape index (κ1) is 16.0. The van der Waals surface area contributed by atoms with Crippen LogP contribution in [0.3, 0.4) is 0 Å². The van der Waals surface area contributed by atoms with Gasteiger partial charge in [-0.25, -0.2) is 0 Å². The van der Waals surface area contributed by atoms with E-state index in [-0.39, 0.29) is 0 Å². The fourth-order valence-electron chi connectivity index (χ4n) is 1.16. The van der Waals surface area contributed by atoms with Crippen molar-refractivity contribution < 1.29 is 13.3 Å². The van der Waals surface area contributed by atoms with Gasteiger partial charge in [0.1, 0.15) is 0 Å². The molecule has 6 heteroatoms. The lowest BCUT2D eigenvalue weighted by Crippen LogP contribution is -2.39. The Labute approximate surface area is 101 Å². The van der Waals surface area contributed by atoms with Crippen molar-refractivity contribution in [2.75, 3.05) is 46.0 Å². The zero-order valence-electron chi connectivity index (χ0n) is 10.8. The van der Waals surface area contributed by atoms with Gasteiger partial charge in [-0.15, -0.1) is 0 Å². The molecule has 0 amide bonds. The fraction of sp³-hybridized carbons (Fsp3) is 1.00. The summed E-state index contributed by atoms with van der Waals surface area (Å²) < 4.78 is 15.7. The highest BCUT2D eigenvalue weighted by molar-refractivity contribution is 6.36. The SMILES string of the molecule is C1CNCCN1.CCO[SiH](OCC)OCC. The van der Waals surface area contributed by atoms with Crippen LogP contribution in [0.5, 0.6) is 0 Å². The second kappa shape index (κ2) is 13.1. The Balaban J connectivity index is 0.000000315. The molecule has 2 N–H and O–H groups in total. The first-order valence-corrected chi connectivity index (χ1v) is 7.52. The topological polar surface area (TPSA) is 51.8 Å². The Kier molecular flexibility index (Phi) is 13.1.